The lowest BCUT2D eigenvalue weighted by Gasteiger charge is -2.32. The number of benzene rings is 5. The maximum atomic E-state index is 3.25. The van der Waals surface area contributed by atoms with Gasteiger partial charge in [0, 0.05) is 27.2 Å². The van der Waals surface area contributed by atoms with Gasteiger partial charge in [-0.15, -0.1) is 0 Å². The molecule has 5 nitrogen and oxygen atoms in total. The number of fused-ring (bicyclic) bond motifs is 6. The monoisotopic (exact) mass is 465 g/mol. The molecule has 0 radical (unpaired) electrons. The van der Waals surface area contributed by atoms with Crippen LogP contribution in [0, 0.1) is 0 Å². The molecule has 2 aromatic heterocycles. The zero-order valence-electron chi connectivity index (χ0n) is 19.4. The van der Waals surface area contributed by atoms with Gasteiger partial charge >= 0.3 is 0 Å². The molecule has 0 bridgehead atoms. The Balaban J connectivity index is 1.37. The van der Waals surface area contributed by atoms with E-state index in [1.54, 1.807) is 0 Å². The van der Waals surface area contributed by atoms with Crippen LogP contribution in [-0.4, -0.2) is 9.13 Å². The van der Waals surface area contributed by atoms with Crippen molar-refractivity contribution >= 4 is 43.6 Å². The van der Waals surface area contributed by atoms with Gasteiger partial charge in [-0.1, -0.05) is 72.8 Å². The number of nitrogens with zero attached hydrogens (tertiary/aromatic N) is 2. The van der Waals surface area contributed by atoms with Gasteiger partial charge in [-0.25, -0.2) is 10.9 Å². The molecule has 0 amide bonds. The molecule has 5 heteroatoms. The number of hydrazine groups is 2. The van der Waals surface area contributed by atoms with Gasteiger partial charge in [-0.05, 0) is 53.6 Å². The average molecular weight is 466 g/mol. The average Bonchev–Trinajstić information content (AvgIpc) is 3.41. The normalized spacial score (nSPS) is 14.2. The topological polar surface area (TPSA) is 46.0 Å². The number of aromatic nitrogens is 2. The Kier molecular flexibility index (Phi) is 4.15. The van der Waals surface area contributed by atoms with Crippen LogP contribution in [0.4, 0.5) is 0 Å². The zero-order valence-corrected chi connectivity index (χ0v) is 19.4. The molecule has 3 N–H and O–H groups in total. The highest BCUT2D eigenvalue weighted by Crippen LogP contribution is 2.37. The Labute approximate surface area is 207 Å². The first-order chi connectivity index (χ1) is 17.9. The maximum Gasteiger partial charge on any atom is 0.166 e. The number of hydrogen-bond acceptors (Lipinski definition) is 3. The van der Waals surface area contributed by atoms with E-state index < -0.39 is 0 Å². The Morgan fingerprint density at radius 1 is 0.472 bits per heavy atom. The standard InChI is InChI=1S/C31H23N5/c1-2-8-22(9-3-1)35-27-12-6-5-11-24(27)26-18-20(15-17-29(26)35)21-14-16-25-23-10-4-7-13-28(23)36(30(25)19-21)31-32-34-33-31/h1-19,31-34H. The summed E-state index contributed by atoms with van der Waals surface area (Å²) in [4.78, 5) is 0. The summed E-state index contributed by atoms with van der Waals surface area (Å²) < 4.78 is 4.68. The third-order valence-corrected chi connectivity index (χ3v) is 7.41. The Morgan fingerprint density at radius 2 is 1.08 bits per heavy atom. The second-order valence-electron chi connectivity index (χ2n) is 9.36. The lowest BCUT2D eigenvalue weighted by atomic mass is 10.0. The molecule has 0 spiro atoms. The van der Waals surface area contributed by atoms with Crippen LogP contribution < -0.4 is 16.4 Å². The molecule has 0 aliphatic carbocycles. The van der Waals surface area contributed by atoms with Crippen molar-refractivity contribution in [3.8, 4) is 16.8 Å². The summed E-state index contributed by atoms with van der Waals surface area (Å²) in [5, 5.41) is 5.05. The van der Waals surface area contributed by atoms with E-state index in [4.69, 9.17) is 0 Å². The number of hydrogen-bond donors (Lipinski definition) is 3. The first-order valence-corrected chi connectivity index (χ1v) is 12.2. The summed E-state index contributed by atoms with van der Waals surface area (Å²) in [6.45, 7) is 0. The Morgan fingerprint density at radius 3 is 1.86 bits per heavy atom. The fourth-order valence-electron chi connectivity index (χ4n) is 5.73. The van der Waals surface area contributed by atoms with Gasteiger partial charge in [0.1, 0.15) is 0 Å². The molecule has 36 heavy (non-hydrogen) atoms. The second-order valence-corrected chi connectivity index (χ2v) is 9.36. The van der Waals surface area contributed by atoms with Gasteiger partial charge in [0.25, 0.3) is 0 Å². The van der Waals surface area contributed by atoms with Gasteiger partial charge in [0.05, 0.1) is 22.1 Å². The largest absolute Gasteiger partial charge is 0.309 e. The van der Waals surface area contributed by atoms with Crippen LogP contribution in [0.5, 0.6) is 0 Å². The van der Waals surface area contributed by atoms with Crippen LogP contribution in [0.15, 0.2) is 115 Å². The fourth-order valence-corrected chi connectivity index (χ4v) is 5.73. The molecular formula is C31H23N5. The molecule has 0 atom stereocenters. The number of nitrogens with one attached hydrogen (secondary N) is 3. The predicted octanol–water partition coefficient (Wildman–Crippen LogP) is 6.63. The second kappa shape index (κ2) is 7.54. The molecule has 1 aliphatic rings. The summed E-state index contributed by atoms with van der Waals surface area (Å²) in [7, 11) is 0. The highest BCUT2D eigenvalue weighted by Gasteiger charge is 2.22. The molecule has 0 saturated carbocycles. The van der Waals surface area contributed by atoms with E-state index in [1.165, 1.54) is 60.4 Å². The van der Waals surface area contributed by atoms with Crippen LogP contribution >= 0.6 is 0 Å². The van der Waals surface area contributed by atoms with E-state index in [-0.39, 0.29) is 6.29 Å². The molecule has 1 aliphatic heterocycles. The minimum absolute atomic E-state index is 0.00831. The van der Waals surface area contributed by atoms with Gasteiger partial charge in [-0.3, -0.25) is 0 Å². The smallest absolute Gasteiger partial charge is 0.166 e. The molecular weight excluding hydrogens is 442 g/mol. The zero-order chi connectivity index (χ0) is 23.6. The van der Waals surface area contributed by atoms with E-state index in [0.717, 1.165) is 0 Å². The summed E-state index contributed by atoms with van der Waals surface area (Å²) in [5.41, 5.74) is 17.9. The van der Waals surface area contributed by atoms with E-state index >= 15 is 0 Å². The number of rotatable bonds is 3. The van der Waals surface area contributed by atoms with Crippen molar-refractivity contribution in [3.63, 3.8) is 0 Å². The van der Waals surface area contributed by atoms with Crippen LogP contribution in [0.25, 0.3) is 60.4 Å². The first kappa shape index (κ1) is 19.8. The van der Waals surface area contributed by atoms with Crippen LogP contribution in [0.1, 0.15) is 6.29 Å². The van der Waals surface area contributed by atoms with Crippen LogP contribution in [0.3, 0.4) is 0 Å². The van der Waals surface area contributed by atoms with Crippen molar-refractivity contribution in [2.45, 2.75) is 6.29 Å². The van der Waals surface area contributed by atoms with Crippen molar-refractivity contribution < 1.29 is 0 Å². The third-order valence-electron chi connectivity index (χ3n) is 7.41. The molecule has 5 aromatic carbocycles. The minimum Gasteiger partial charge on any atom is -0.309 e. The fraction of sp³-hybridized carbons (Fsp3) is 0.0323. The lowest BCUT2D eigenvalue weighted by molar-refractivity contribution is 0.129. The molecule has 8 rings (SSSR count). The van der Waals surface area contributed by atoms with Gasteiger partial charge in [0.2, 0.25) is 0 Å². The number of para-hydroxylation sites is 3. The van der Waals surface area contributed by atoms with Crippen molar-refractivity contribution in [2.75, 3.05) is 0 Å². The van der Waals surface area contributed by atoms with Gasteiger partial charge < -0.3 is 9.13 Å². The van der Waals surface area contributed by atoms with Crippen molar-refractivity contribution in [2.24, 2.45) is 0 Å². The molecule has 0 unspecified atom stereocenters. The summed E-state index contributed by atoms with van der Waals surface area (Å²) in [6, 6.07) is 41.5. The third kappa shape index (κ3) is 2.76. The highest BCUT2D eigenvalue weighted by molar-refractivity contribution is 6.12. The van der Waals surface area contributed by atoms with Crippen molar-refractivity contribution in [1.82, 2.24) is 25.5 Å². The summed E-state index contributed by atoms with van der Waals surface area (Å²) in [6.07, 6.45) is 0.00831. The quantitative estimate of drug-likeness (QED) is 0.275. The van der Waals surface area contributed by atoms with Gasteiger partial charge in [-0.2, -0.15) is 5.53 Å². The molecule has 1 saturated heterocycles. The first-order valence-electron chi connectivity index (χ1n) is 12.2. The predicted molar refractivity (Wildman–Crippen MR) is 148 cm³/mol. The Hall–Kier alpha value is -4.42. The maximum absolute atomic E-state index is 3.25. The summed E-state index contributed by atoms with van der Waals surface area (Å²) in [5.74, 6) is 0. The minimum atomic E-state index is 0.00831. The van der Waals surface area contributed by atoms with Gasteiger partial charge in [0.15, 0.2) is 6.29 Å². The molecule has 3 heterocycles. The van der Waals surface area contributed by atoms with E-state index in [0.29, 0.717) is 0 Å². The Bertz CT molecular complexity index is 1930. The van der Waals surface area contributed by atoms with E-state index in [2.05, 4.69) is 141 Å². The molecule has 172 valence electrons. The highest BCUT2D eigenvalue weighted by atomic mass is 15.8. The van der Waals surface area contributed by atoms with E-state index in [1.807, 2.05) is 0 Å². The van der Waals surface area contributed by atoms with Crippen molar-refractivity contribution in [3.05, 3.63) is 115 Å². The van der Waals surface area contributed by atoms with Crippen LogP contribution in [0.2, 0.25) is 0 Å². The van der Waals surface area contributed by atoms with Crippen LogP contribution in [-0.2, 0) is 0 Å². The SMILES string of the molecule is c1ccc(-n2c3ccccc3c3cc(-c4ccc5c6ccccc6n(C6NNN6)c5c4)ccc32)cc1. The molecule has 1 fully saturated rings. The summed E-state index contributed by atoms with van der Waals surface area (Å²) >= 11 is 0. The van der Waals surface area contributed by atoms with Crippen molar-refractivity contribution in [1.29, 1.82) is 0 Å². The van der Waals surface area contributed by atoms with E-state index in [9.17, 15) is 0 Å². The lowest BCUT2D eigenvalue weighted by Crippen LogP contribution is -2.65. The molecule has 7 aromatic rings.